The first-order valence-electron chi connectivity index (χ1n) is 8.98. The number of hydrogen-bond donors (Lipinski definition) is 1. The van der Waals surface area contributed by atoms with Crippen molar-refractivity contribution in [1.82, 2.24) is 9.62 Å². The van der Waals surface area contributed by atoms with Crippen LogP contribution >= 0.6 is 0 Å². The van der Waals surface area contributed by atoms with Gasteiger partial charge in [0, 0.05) is 33.2 Å². The van der Waals surface area contributed by atoms with Crippen molar-refractivity contribution in [2.75, 3.05) is 39.5 Å². The first-order valence-corrected chi connectivity index (χ1v) is 10.4. The van der Waals surface area contributed by atoms with Crippen LogP contribution in [0.25, 0.3) is 0 Å². The molecule has 1 aliphatic rings. The van der Waals surface area contributed by atoms with Gasteiger partial charge in [-0.05, 0) is 49.9 Å². The molecule has 1 saturated heterocycles. The molecule has 26 heavy (non-hydrogen) atoms. The van der Waals surface area contributed by atoms with E-state index in [2.05, 4.69) is 5.32 Å². The molecule has 0 unspecified atom stereocenters. The summed E-state index contributed by atoms with van der Waals surface area (Å²) in [5.74, 6) is 0.896. The molecule has 0 bridgehead atoms. The second-order valence-electron chi connectivity index (χ2n) is 6.30. The van der Waals surface area contributed by atoms with E-state index in [0.717, 1.165) is 12.8 Å². The third-order valence-corrected chi connectivity index (χ3v) is 6.29. The predicted molar refractivity (Wildman–Crippen MR) is 98.6 cm³/mol. The van der Waals surface area contributed by atoms with Crippen LogP contribution in [0.15, 0.2) is 29.2 Å². The van der Waals surface area contributed by atoms with Crippen LogP contribution in [-0.2, 0) is 19.6 Å². The monoisotopic (exact) mass is 384 g/mol. The van der Waals surface area contributed by atoms with Gasteiger partial charge in [-0.3, -0.25) is 4.79 Å². The van der Waals surface area contributed by atoms with E-state index in [1.54, 1.807) is 24.3 Å². The lowest BCUT2D eigenvalue weighted by molar-refractivity contribution is -0.119. The van der Waals surface area contributed by atoms with Crippen LogP contribution < -0.4 is 10.1 Å². The van der Waals surface area contributed by atoms with Crippen molar-refractivity contribution in [3.8, 4) is 5.75 Å². The molecule has 146 valence electrons. The average Bonchev–Trinajstić information content (AvgIpc) is 2.64. The number of rotatable bonds is 9. The number of ether oxygens (including phenoxy) is 2. The van der Waals surface area contributed by atoms with Crippen molar-refractivity contribution in [3.05, 3.63) is 24.3 Å². The smallest absolute Gasteiger partial charge is 0.243 e. The fourth-order valence-corrected chi connectivity index (χ4v) is 4.33. The third-order valence-electron chi connectivity index (χ3n) is 4.38. The average molecular weight is 384 g/mol. The van der Waals surface area contributed by atoms with Crippen molar-refractivity contribution in [1.29, 1.82) is 0 Å². The number of amides is 1. The molecule has 0 atom stereocenters. The molecule has 2 rings (SSSR count). The normalized spacial score (nSPS) is 16.4. The summed E-state index contributed by atoms with van der Waals surface area (Å²) in [6.07, 6.45) is 1.50. The molecule has 8 heteroatoms. The fraction of sp³-hybridized carbons (Fsp3) is 0.611. The number of benzene rings is 1. The quantitative estimate of drug-likeness (QED) is 0.654. The summed E-state index contributed by atoms with van der Waals surface area (Å²) in [6, 6.07) is 6.49. The van der Waals surface area contributed by atoms with Crippen molar-refractivity contribution >= 4 is 15.9 Å². The van der Waals surface area contributed by atoms with E-state index >= 15 is 0 Å². The molecule has 1 heterocycles. The van der Waals surface area contributed by atoms with E-state index < -0.39 is 10.0 Å². The van der Waals surface area contributed by atoms with Crippen LogP contribution in [0.1, 0.15) is 26.7 Å². The zero-order chi connectivity index (χ0) is 19.0. The molecule has 0 aliphatic carbocycles. The third kappa shape index (κ3) is 5.96. The highest BCUT2D eigenvalue weighted by atomic mass is 32.2. The first-order chi connectivity index (χ1) is 12.4. The Labute approximate surface area is 155 Å². The van der Waals surface area contributed by atoms with Crippen LogP contribution in [0, 0.1) is 5.92 Å². The van der Waals surface area contributed by atoms with E-state index in [-0.39, 0.29) is 10.8 Å². The van der Waals surface area contributed by atoms with Gasteiger partial charge in [0.15, 0.2) is 0 Å². The van der Waals surface area contributed by atoms with Gasteiger partial charge in [-0.1, -0.05) is 0 Å². The number of carbonyl (C=O) groups excluding carboxylic acids is 1. The van der Waals surface area contributed by atoms with E-state index in [9.17, 15) is 13.2 Å². The standard InChI is InChI=1S/C18H28N2O5S/c1-3-24-12-13-25-17-4-6-18(7-5-17)26(22,23)20-10-8-16(9-11-20)14-19-15(2)21/h4-7,16H,3,8-14H2,1-2H3,(H,19,21). The molecule has 1 aromatic rings. The van der Waals surface area contributed by atoms with Gasteiger partial charge in [0.2, 0.25) is 15.9 Å². The highest BCUT2D eigenvalue weighted by Crippen LogP contribution is 2.25. The molecule has 1 amide bonds. The Kier molecular flexibility index (Phi) is 7.86. The summed E-state index contributed by atoms with van der Waals surface area (Å²) >= 11 is 0. The number of nitrogens with zero attached hydrogens (tertiary/aromatic N) is 1. The number of hydrogen-bond acceptors (Lipinski definition) is 5. The van der Waals surface area contributed by atoms with Crippen LogP contribution in [0.5, 0.6) is 5.75 Å². The van der Waals surface area contributed by atoms with Gasteiger partial charge in [-0.2, -0.15) is 4.31 Å². The van der Waals surface area contributed by atoms with Crippen LogP contribution in [0.3, 0.4) is 0 Å². The molecule has 7 nitrogen and oxygen atoms in total. The molecule has 0 spiro atoms. The minimum Gasteiger partial charge on any atom is -0.491 e. The predicted octanol–water partition coefficient (Wildman–Crippen LogP) is 1.64. The van der Waals surface area contributed by atoms with Crippen molar-refractivity contribution in [2.24, 2.45) is 5.92 Å². The Morgan fingerprint density at radius 2 is 1.85 bits per heavy atom. The molecule has 0 aromatic heterocycles. The molecular formula is C18H28N2O5S. The molecule has 0 saturated carbocycles. The Morgan fingerprint density at radius 3 is 2.42 bits per heavy atom. The molecule has 1 aromatic carbocycles. The first kappa shape index (κ1) is 20.7. The van der Waals surface area contributed by atoms with Crippen molar-refractivity contribution < 1.29 is 22.7 Å². The van der Waals surface area contributed by atoms with E-state index in [4.69, 9.17) is 9.47 Å². The molecular weight excluding hydrogens is 356 g/mol. The van der Waals surface area contributed by atoms with Crippen molar-refractivity contribution in [3.63, 3.8) is 0 Å². The minimum absolute atomic E-state index is 0.0522. The lowest BCUT2D eigenvalue weighted by atomic mass is 9.98. The SMILES string of the molecule is CCOCCOc1ccc(S(=O)(=O)N2CCC(CNC(C)=O)CC2)cc1. The maximum Gasteiger partial charge on any atom is 0.243 e. The second-order valence-corrected chi connectivity index (χ2v) is 8.24. The van der Waals surface area contributed by atoms with E-state index in [1.165, 1.54) is 11.2 Å². The van der Waals surface area contributed by atoms with Gasteiger partial charge >= 0.3 is 0 Å². The van der Waals surface area contributed by atoms with E-state index in [0.29, 0.717) is 51.1 Å². The zero-order valence-corrected chi connectivity index (χ0v) is 16.3. The molecule has 1 fully saturated rings. The Morgan fingerprint density at radius 1 is 1.19 bits per heavy atom. The van der Waals surface area contributed by atoms with Crippen molar-refractivity contribution in [2.45, 2.75) is 31.6 Å². The lowest BCUT2D eigenvalue weighted by Crippen LogP contribution is -2.41. The van der Waals surface area contributed by atoms with Gasteiger partial charge in [0.1, 0.15) is 12.4 Å². The topological polar surface area (TPSA) is 84.9 Å². The Bertz CT molecular complexity index is 667. The second kappa shape index (κ2) is 9.89. The maximum atomic E-state index is 12.8. The largest absolute Gasteiger partial charge is 0.491 e. The van der Waals surface area contributed by atoms with Gasteiger partial charge in [-0.15, -0.1) is 0 Å². The highest BCUT2D eigenvalue weighted by Gasteiger charge is 2.29. The Hall–Kier alpha value is -1.64. The summed E-state index contributed by atoms with van der Waals surface area (Å²) in [6.45, 7) is 6.54. The summed E-state index contributed by atoms with van der Waals surface area (Å²) in [4.78, 5) is 11.3. The van der Waals surface area contributed by atoms with Crippen LogP contribution in [0.4, 0.5) is 0 Å². The zero-order valence-electron chi connectivity index (χ0n) is 15.4. The minimum atomic E-state index is -3.50. The summed E-state index contributed by atoms with van der Waals surface area (Å²) in [5, 5.41) is 2.80. The van der Waals surface area contributed by atoms with Gasteiger partial charge in [-0.25, -0.2) is 8.42 Å². The molecule has 1 N–H and O–H groups in total. The Balaban J connectivity index is 1.88. The number of piperidine rings is 1. The summed E-state index contributed by atoms with van der Waals surface area (Å²) < 4.78 is 37.8. The maximum absolute atomic E-state index is 12.8. The fourth-order valence-electron chi connectivity index (χ4n) is 2.86. The van der Waals surface area contributed by atoms with Gasteiger partial charge in [0.25, 0.3) is 0 Å². The summed E-state index contributed by atoms with van der Waals surface area (Å²) in [7, 11) is -3.50. The van der Waals surface area contributed by atoms with Crippen LogP contribution in [0.2, 0.25) is 0 Å². The highest BCUT2D eigenvalue weighted by molar-refractivity contribution is 7.89. The van der Waals surface area contributed by atoms with Gasteiger partial charge < -0.3 is 14.8 Å². The number of carbonyl (C=O) groups is 1. The van der Waals surface area contributed by atoms with Gasteiger partial charge in [0.05, 0.1) is 11.5 Å². The molecule has 0 radical (unpaired) electrons. The van der Waals surface area contributed by atoms with Crippen LogP contribution in [-0.4, -0.2) is 58.1 Å². The number of sulfonamides is 1. The summed E-state index contributed by atoms with van der Waals surface area (Å²) in [5.41, 5.74) is 0. The molecule has 1 aliphatic heterocycles. The lowest BCUT2D eigenvalue weighted by Gasteiger charge is -2.31. The number of nitrogens with one attached hydrogen (secondary N) is 1. The van der Waals surface area contributed by atoms with E-state index in [1.807, 2.05) is 6.92 Å².